The van der Waals surface area contributed by atoms with Crippen LogP contribution in [0.2, 0.25) is 0 Å². The summed E-state index contributed by atoms with van der Waals surface area (Å²) in [5.41, 5.74) is -1.32. The lowest BCUT2D eigenvalue weighted by Gasteiger charge is -2.22. The van der Waals surface area contributed by atoms with Gasteiger partial charge in [0.1, 0.15) is 12.2 Å². The Hall–Kier alpha value is -1.95. The Kier molecular flexibility index (Phi) is 20.3. The fourth-order valence-electron chi connectivity index (χ4n) is 5.53. The van der Waals surface area contributed by atoms with Gasteiger partial charge in [-0.05, 0) is 19.3 Å². The lowest BCUT2D eigenvalue weighted by molar-refractivity contribution is -0.121. The molecule has 1 amide bonds. The van der Waals surface area contributed by atoms with Crippen molar-refractivity contribution in [2.75, 3.05) is 19.8 Å². The maximum Gasteiger partial charge on any atom is 0.695 e. The van der Waals surface area contributed by atoms with E-state index in [0.29, 0.717) is 19.4 Å². The van der Waals surface area contributed by atoms with Gasteiger partial charge in [0.15, 0.2) is 12.3 Å². The molecule has 2 heterocycles. The number of amides is 1. The fourth-order valence-corrected chi connectivity index (χ4v) is 6.00. The van der Waals surface area contributed by atoms with E-state index in [1.165, 1.54) is 76.8 Å². The Balaban J connectivity index is 1.54. The maximum absolute atomic E-state index is 12.3. The molecule has 13 heteroatoms. The average Bonchev–Trinajstić information content (AvgIpc) is 3.32. The predicted octanol–water partition coefficient (Wildman–Crippen LogP) is 5.00. The van der Waals surface area contributed by atoms with Gasteiger partial charge in [-0.3, -0.25) is 19.1 Å². The highest BCUT2D eigenvalue weighted by Gasteiger charge is 2.51. The SMILES string of the molecule is CCCCCCCCCCCCCCCC(=O)NCCCCCCOC1C(O[P+](=O)O)C(CO)OC1n1ccc(=O)[nH]c1=O. The number of carbonyl (C=O) groups excluding carboxylic acids is 1. The first kappa shape index (κ1) is 38.2. The topological polar surface area (TPSA) is 169 Å². The second kappa shape index (κ2) is 23.4. The molecule has 0 spiro atoms. The minimum absolute atomic E-state index is 0.105. The number of H-pyrrole nitrogens is 1. The van der Waals surface area contributed by atoms with Crippen molar-refractivity contribution in [2.24, 2.45) is 0 Å². The van der Waals surface area contributed by atoms with Crippen molar-refractivity contribution >= 4 is 14.2 Å². The Morgan fingerprint density at radius 2 is 1.52 bits per heavy atom. The summed E-state index contributed by atoms with van der Waals surface area (Å²) in [5, 5.41) is 12.7. The van der Waals surface area contributed by atoms with E-state index in [1.54, 1.807) is 0 Å². The summed E-state index contributed by atoms with van der Waals surface area (Å²) in [4.78, 5) is 47.4. The zero-order valence-corrected chi connectivity index (χ0v) is 27.4. The molecule has 1 aliphatic rings. The molecule has 1 aromatic rings. The van der Waals surface area contributed by atoms with Gasteiger partial charge in [0.2, 0.25) is 5.91 Å². The van der Waals surface area contributed by atoms with Crippen LogP contribution < -0.4 is 16.6 Å². The van der Waals surface area contributed by atoms with Crippen LogP contribution in [0, 0.1) is 0 Å². The Morgan fingerprint density at radius 1 is 0.932 bits per heavy atom. The number of carbonyl (C=O) groups is 1. The summed E-state index contributed by atoms with van der Waals surface area (Å²) in [5.74, 6) is 0.105. The quantitative estimate of drug-likeness (QED) is 0.0800. The van der Waals surface area contributed by atoms with Crippen molar-refractivity contribution in [3.63, 3.8) is 0 Å². The van der Waals surface area contributed by atoms with Crippen molar-refractivity contribution in [3.05, 3.63) is 33.1 Å². The highest BCUT2D eigenvalue weighted by molar-refractivity contribution is 7.32. The monoisotopic (exact) mass is 644 g/mol. The van der Waals surface area contributed by atoms with Crippen LogP contribution in [0.1, 0.15) is 129 Å². The predicted molar refractivity (Wildman–Crippen MR) is 169 cm³/mol. The molecule has 5 atom stereocenters. The lowest BCUT2D eigenvalue weighted by atomic mass is 10.0. The molecule has 2 rings (SSSR count). The van der Waals surface area contributed by atoms with E-state index in [-0.39, 0.29) is 12.5 Å². The summed E-state index contributed by atoms with van der Waals surface area (Å²) >= 11 is 0. The van der Waals surface area contributed by atoms with E-state index < -0.39 is 50.7 Å². The van der Waals surface area contributed by atoms with E-state index in [2.05, 4.69) is 17.2 Å². The van der Waals surface area contributed by atoms with Crippen LogP contribution in [0.15, 0.2) is 21.9 Å². The van der Waals surface area contributed by atoms with E-state index >= 15 is 0 Å². The van der Waals surface area contributed by atoms with Crippen LogP contribution in [0.4, 0.5) is 0 Å². The smallest absolute Gasteiger partial charge is 0.394 e. The number of unbranched alkanes of at least 4 members (excludes halogenated alkanes) is 15. The number of nitrogens with one attached hydrogen (secondary N) is 2. The van der Waals surface area contributed by atoms with Gasteiger partial charge in [-0.1, -0.05) is 96.8 Å². The molecule has 1 saturated heterocycles. The Bertz CT molecular complexity index is 1050. The number of aromatic nitrogens is 2. The highest BCUT2D eigenvalue weighted by atomic mass is 31.1. The second-order valence-electron chi connectivity index (χ2n) is 11.7. The Labute approximate surface area is 262 Å². The average molecular weight is 645 g/mol. The first-order valence-corrected chi connectivity index (χ1v) is 17.8. The molecule has 0 radical (unpaired) electrons. The largest absolute Gasteiger partial charge is 0.695 e. The molecular weight excluding hydrogens is 589 g/mol. The zero-order chi connectivity index (χ0) is 32.0. The van der Waals surface area contributed by atoms with E-state index in [1.807, 2.05) is 0 Å². The molecule has 5 unspecified atom stereocenters. The summed E-state index contributed by atoms with van der Waals surface area (Å²) < 4.78 is 29.2. The van der Waals surface area contributed by atoms with Crippen LogP contribution >= 0.6 is 8.25 Å². The van der Waals surface area contributed by atoms with Crippen LogP contribution in [0.25, 0.3) is 0 Å². The number of hydrogen-bond acceptors (Lipinski definition) is 8. The van der Waals surface area contributed by atoms with E-state index in [9.17, 15) is 28.9 Å². The summed E-state index contributed by atoms with van der Waals surface area (Å²) in [7, 11) is -3.02. The van der Waals surface area contributed by atoms with Gasteiger partial charge < -0.3 is 19.9 Å². The molecular formula is C31H55N3O9P+. The molecule has 0 aliphatic carbocycles. The molecule has 0 aromatic carbocycles. The third-order valence-corrected chi connectivity index (χ3v) is 8.44. The second-order valence-corrected chi connectivity index (χ2v) is 12.4. The molecule has 1 fully saturated rings. The van der Waals surface area contributed by atoms with Gasteiger partial charge in [-0.25, -0.2) is 4.79 Å². The zero-order valence-electron chi connectivity index (χ0n) is 26.5. The van der Waals surface area contributed by atoms with Crippen molar-refractivity contribution in [1.82, 2.24) is 14.9 Å². The van der Waals surface area contributed by atoms with Gasteiger partial charge in [-0.2, -0.15) is 0 Å². The first-order valence-electron chi connectivity index (χ1n) is 16.7. The normalized spacial score (nSPS) is 20.2. The van der Waals surface area contributed by atoms with Gasteiger partial charge in [0.25, 0.3) is 5.56 Å². The first-order chi connectivity index (χ1) is 21.4. The number of aromatic amines is 1. The van der Waals surface area contributed by atoms with Crippen molar-refractivity contribution in [1.29, 1.82) is 0 Å². The summed E-state index contributed by atoms with van der Waals surface area (Å²) in [6.07, 6.45) is 17.6. The molecule has 12 nitrogen and oxygen atoms in total. The van der Waals surface area contributed by atoms with Crippen molar-refractivity contribution in [2.45, 2.75) is 147 Å². The fraction of sp³-hybridized carbons (Fsp3) is 0.839. The molecule has 0 saturated carbocycles. The number of aliphatic hydroxyl groups is 1. The number of ether oxygens (including phenoxy) is 2. The number of hydrogen-bond donors (Lipinski definition) is 4. The lowest BCUT2D eigenvalue weighted by Crippen LogP contribution is -2.40. The molecule has 0 bridgehead atoms. The number of rotatable bonds is 26. The molecule has 44 heavy (non-hydrogen) atoms. The van der Waals surface area contributed by atoms with Crippen molar-refractivity contribution in [3.8, 4) is 0 Å². The minimum Gasteiger partial charge on any atom is -0.394 e. The van der Waals surface area contributed by atoms with Gasteiger partial charge in [0.05, 0.1) is 6.61 Å². The van der Waals surface area contributed by atoms with Gasteiger partial charge in [-0.15, -0.1) is 9.42 Å². The van der Waals surface area contributed by atoms with Crippen molar-refractivity contribution < 1.29 is 33.4 Å². The number of nitrogens with zero attached hydrogens (tertiary/aromatic N) is 1. The molecule has 1 aliphatic heterocycles. The van der Waals surface area contributed by atoms with Crippen LogP contribution in [0.5, 0.6) is 0 Å². The van der Waals surface area contributed by atoms with E-state index in [0.717, 1.165) is 42.7 Å². The van der Waals surface area contributed by atoms with Crippen LogP contribution in [-0.2, 0) is 23.4 Å². The highest BCUT2D eigenvalue weighted by Crippen LogP contribution is 2.37. The standard InChI is InChI=1S/C31H54N3O9P/c1-2-3-4-5-6-7-8-9-10-11-12-13-16-19-26(36)32-21-17-14-15-18-23-41-29-28(43-44(39)40)25(24-35)42-30(29)34-22-20-27(37)33-31(34)38/h20,22,25,28-30,35H,2-19,21,23-24H2,1H3,(H2-,32,33,36,37,38,39,40)/p+1. The molecule has 252 valence electrons. The Morgan fingerprint density at radius 3 is 2.11 bits per heavy atom. The number of aliphatic hydroxyl groups excluding tert-OH is 1. The minimum atomic E-state index is -3.02. The van der Waals surface area contributed by atoms with Gasteiger partial charge >= 0.3 is 13.9 Å². The molecule has 1 aromatic heterocycles. The molecule has 4 N–H and O–H groups in total. The maximum atomic E-state index is 12.3. The third kappa shape index (κ3) is 15.4. The van der Waals surface area contributed by atoms with Gasteiger partial charge in [0, 0.05) is 36.4 Å². The van der Waals surface area contributed by atoms with Crippen LogP contribution in [0.3, 0.4) is 0 Å². The summed E-state index contributed by atoms with van der Waals surface area (Å²) in [6, 6.07) is 1.15. The summed E-state index contributed by atoms with van der Waals surface area (Å²) in [6.45, 7) is 2.62. The van der Waals surface area contributed by atoms with E-state index in [4.69, 9.17) is 14.0 Å². The van der Waals surface area contributed by atoms with Crippen LogP contribution in [-0.4, -0.2) is 63.5 Å². The third-order valence-electron chi connectivity index (χ3n) is 8.01.